The molecule has 0 amide bonds. The number of rotatable bonds is 4. The van der Waals surface area contributed by atoms with Crippen LogP contribution in [-0.2, 0) is 0 Å². The van der Waals surface area contributed by atoms with Crippen LogP contribution in [0.4, 0.5) is 20.4 Å². The van der Waals surface area contributed by atoms with Gasteiger partial charge in [0.2, 0.25) is 0 Å². The van der Waals surface area contributed by atoms with E-state index in [1.54, 1.807) is 0 Å². The van der Waals surface area contributed by atoms with Gasteiger partial charge in [-0.1, -0.05) is 6.92 Å². The normalized spacial score (nSPS) is 19.6. The second kappa shape index (κ2) is 6.17. The van der Waals surface area contributed by atoms with E-state index in [1.165, 1.54) is 0 Å². The van der Waals surface area contributed by atoms with Gasteiger partial charge < -0.3 is 10.2 Å². The van der Waals surface area contributed by atoms with Crippen molar-refractivity contribution in [2.24, 2.45) is 0 Å². The van der Waals surface area contributed by atoms with Crippen LogP contribution in [-0.4, -0.2) is 24.1 Å². The van der Waals surface area contributed by atoms with Crippen molar-refractivity contribution in [1.82, 2.24) is 4.98 Å². The van der Waals surface area contributed by atoms with Crippen LogP contribution in [0.15, 0.2) is 6.07 Å². The van der Waals surface area contributed by atoms with Crippen LogP contribution in [0.5, 0.6) is 0 Å². The molecule has 1 aliphatic heterocycles. The second-order valence-corrected chi connectivity index (χ2v) is 5.09. The van der Waals surface area contributed by atoms with E-state index in [9.17, 15) is 8.78 Å². The van der Waals surface area contributed by atoms with E-state index in [2.05, 4.69) is 17.2 Å². The minimum absolute atomic E-state index is 0.149. The van der Waals surface area contributed by atoms with E-state index in [4.69, 9.17) is 0 Å². The Labute approximate surface area is 113 Å². The van der Waals surface area contributed by atoms with Gasteiger partial charge in [0.15, 0.2) is 23.3 Å². The molecule has 106 valence electrons. The molecular weight excluding hydrogens is 248 g/mol. The third-order valence-corrected chi connectivity index (χ3v) is 3.53. The topological polar surface area (TPSA) is 28.2 Å². The highest BCUT2D eigenvalue weighted by molar-refractivity contribution is 5.50. The molecule has 2 rings (SSSR count). The van der Waals surface area contributed by atoms with Crippen LogP contribution >= 0.6 is 0 Å². The van der Waals surface area contributed by atoms with Gasteiger partial charge in [-0.05, 0) is 32.6 Å². The van der Waals surface area contributed by atoms with Gasteiger partial charge in [-0.15, -0.1) is 0 Å². The van der Waals surface area contributed by atoms with Crippen molar-refractivity contribution in [3.63, 3.8) is 0 Å². The summed E-state index contributed by atoms with van der Waals surface area (Å²) < 4.78 is 27.6. The van der Waals surface area contributed by atoms with Gasteiger partial charge >= 0.3 is 0 Å². The molecule has 3 nitrogen and oxygen atoms in total. The van der Waals surface area contributed by atoms with Crippen molar-refractivity contribution in [2.45, 2.75) is 45.6 Å². The lowest BCUT2D eigenvalue weighted by atomic mass is 10.0. The summed E-state index contributed by atoms with van der Waals surface area (Å²) in [7, 11) is 0. The van der Waals surface area contributed by atoms with Gasteiger partial charge in [-0.3, -0.25) is 0 Å². The lowest BCUT2D eigenvalue weighted by molar-refractivity contribution is 0.468. The number of hydrogen-bond donors (Lipinski definition) is 1. The fourth-order valence-electron chi connectivity index (χ4n) is 2.44. The number of nitrogens with zero attached hydrogens (tertiary/aromatic N) is 2. The van der Waals surface area contributed by atoms with Gasteiger partial charge in [0, 0.05) is 25.2 Å². The first-order chi connectivity index (χ1) is 9.13. The first-order valence-corrected chi connectivity index (χ1v) is 7.00. The maximum atomic E-state index is 13.9. The number of anilines is 2. The fraction of sp³-hybridized carbons (Fsp3) is 0.643. The van der Waals surface area contributed by atoms with Crippen molar-refractivity contribution < 1.29 is 8.78 Å². The summed E-state index contributed by atoms with van der Waals surface area (Å²) in [5.41, 5.74) is 0. The van der Waals surface area contributed by atoms with Gasteiger partial charge in [-0.2, -0.15) is 0 Å². The summed E-state index contributed by atoms with van der Waals surface area (Å²) in [6, 6.07) is 1.18. The summed E-state index contributed by atoms with van der Waals surface area (Å²) in [4.78, 5) is 6.09. The van der Waals surface area contributed by atoms with Crippen LogP contribution in [0.1, 0.15) is 39.5 Å². The van der Waals surface area contributed by atoms with Crippen molar-refractivity contribution in [2.75, 3.05) is 23.3 Å². The molecule has 0 aromatic carbocycles. The van der Waals surface area contributed by atoms with Gasteiger partial charge in [0.25, 0.3) is 0 Å². The quantitative estimate of drug-likeness (QED) is 0.906. The predicted octanol–water partition coefficient (Wildman–Crippen LogP) is 3.56. The molecular formula is C14H21F2N3. The maximum absolute atomic E-state index is 13.9. The molecule has 1 aromatic heterocycles. The monoisotopic (exact) mass is 269 g/mol. The molecule has 0 bridgehead atoms. The zero-order valence-electron chi connectivity index (χ0n) is 11.5. The average molecular weight is 269 g/mol. The molecule has 19 heavy (non-hydrogen) atoms. The molecule has 0 saturated carbocycles. The standard InChI is InChI=1S/C14H21F2N3/c1-3-7-17-13-11(15)9-12(16)14(18-13)19-8-5-4-6-10(19)2/h9-10H,3-8H2,1-2H3,(H,17,18). The molecule has 0 aliphatic carbocycles. The van der Waals surface area contributed by atoms with E-state index < -0.39 is 11.6 Å². The van der Waals surface area contributed by atoms with Crippen LogP contribution < -0.4 is 10.2 Å². The van der Waals surface area contributed by atoms with Gasteiger partial charge in [0.05, 0.1) is 0 Å². The smallest absolute Gasteiger partial charge is 0.168 e. The fourth-order valence-corrected chi connectivity index (χ4v) is 2.44. The largest absolute Gasteiger partial charge is 0.368 e. The molecule has 0 spiro atoms. The SMILES string of the molecule is CCCNc1nc(N2CCCCC2C)c(F)cc1F. The first-order valence-electron chi connectivity index (χ1n) is 7.00. The Balaban J connectivity index is 2.28. The Morgan fingerprint density at radius 2 is 2.16 bits per heavy atom. The number of hydrogen-bond acceptors (Lipinski definition) is 3. The minimum atomic E-state index is -0.626. The number of pyridine rings is 1. The highest BCUT2D eigenvalue weighted by atomic mass is 19.1. The molecule has 1 atom stereocenters. The number of aromatic nitrogens is 1. The lowest BCUT2D eigenvalue weighted by Crippen LogP contribution is -2.38. The molecule has 0 radical (unpaired) electrons. The molecule has 1 aliphatic rings. The molecule has 2 heterocycles. The zero-order valence-corrected chi connectivity index (χ0v) is 11.5. The van der Waals surface area contributed by atoms with Crippen molar-refractivity contribution in [3.05, 3.63) is 17.7 Å². The Bertz CT molecular complexity index is 437. The summed E-state index contributed by atoms with van der Waals surface area (Å²) in [6.45, 7) is 5.46. The van der Waals surface area contributed by atoms with E-state index in [0.717, 1.165) is 38.3 Å². The van der Waals surface area contributed by atoms with Crippen LogP contribution in [0, 0.1) is 11.6 Å². The van der Waals surface area contributed by atoms with E-state index in [0.29, 0.717) is 6.54 Å². The van der Waals surface area contributed by atoms with Crippen molar-refractivity contribution in [1.29, 1.82) is 0 Å². The molecule has 1 saturated heterocycles. The van der Waals surface area contributed by atoms with Gasteiger partial charge in [0.1, 0.15) is 0 Å². The molecule has 1 N–H and O–H groups in total. The van der Waals surface area contributed by atoms with E-state index in [1.807, 2.05) is 11.8 Å². The summed E-state index contributed by atoms with van der Waals surface area (Å²) in [6.07, 6.45) is 4.08. The van der Waals surface area contributed by atoms with Crippen molar-refractivity contribution in [3.8, 4) is 0 Å². The minimum Gasteiger partial charge on any atom is -0.368 e. The first kappa shape index (κ1) is 14.0. The van der Waals surface area contributed by atoms with Crippen LogP contribution in [0.25, 0.3) is 0 Å². The number of piperidine rings is 1. The van der Waals surface area contributed by atoms with Crippen LogP contribution in [0.2, 0.25) is 0 Å². The predicted molar refractivity (Wildman–Crippen MR) is 73.6 cm³/mol. The Hall–Kier alpha value is -1.39. The Morgan fingerprint density at radius 1 is 1.37 bits per heavy atom. The van der Waals surface area contributed by atoms with Crippen LogP contribution in [0.3, 0.4) is 0 Å². The van der Waals surface area contributed by atoms with Crippen molar-refractivity contribution >= 4 is 11.6 Å². The highest BCUT2D eigenvalue weighted by Crippen LogP contribution is 2.28. The second-order valence-electron chi connectivity index (χ2n) is 5.09. The number of nitrogens with one attached hydrogen (secondary N) is 1. The maximum Gasteiger partial charge on any atom is 0.168 e. The highest BCUT2D eigenvalue weighted by Gasteiger charge is 2.24. The number of halogens is 2. The molecule has 1 aromatic rings. The summed E-state index contributed by atoms with van der Waals surface area (Å²) >= 11 is 0. The van der Waals surface area contributed by atoms with E-state index >= 15 is 0 Å². The lowest BCUT2D eigenvalue weighted by Gasteiger charge is -2.34. The van der Waals surface area contributed by atoms with Gasteiger partial charge in [-0.25, -0.2) is 13.8 Å². The van der Waals surface area contributed by atoms with E-state index in [-0.39, 0.29) is 17.7 Å². The Kier molecular flexibility index (Phi) is 4.56. The molecule has 5 heteroatoms. The third-order valence-electron chi connectivity index (χ3n) is 3.53. The summed E-state index contributed by atoms with van der Waals surface area (Å²) in [5.74, 6) is -0.782. The zero-order chi connectivity index (χ0) is 13.8. The molecule has 1 fully saturated rings. The Morgan fingerprint density at radius 3 is 2.84 bits per heavy atom. The molecule has 1 unspecified atom stereocenters. The third kappa shape index (κ3) is 3.14. The average Bonchev–Trinajstić information content (AvgIpc) is 2.39. The summed E-state index contributed by atoms with van der Waals surface area (Å²) in [5, 5.41) is 2.90.